The third-order valence-corrected chi connectivity index (χ3v) is 3.67. The number of hydrazine groups is 1. The first-order chi connectivity index (χ1) is 11.1. The number of thiocarbonyl (C=S) groups is 1. The summed E-state index contributed by atoms with van der Waals surface area (Å²) in [5.74, 6) is -0.235. The van der Waals surface area contributed by atoms with Gasteiger partial charge in [-0.25, -0.2) is 0 Å². The fourth-order valence-corrected chi connectivity index (χ4v) is 2.14. The smallest absolute Gasteiger partial charge is 0.257 e. The highest BCUT2D eigenvalue weighted by Gasteiger charge is 2.05. The highest BCUT2D eigenvalue weighted by Crippen LogP contribution is 2.22. The molecule has 23 heavy (non-hydrogen) atoms. The third-order valence-electron chi connectivity index (χ3n) is 3.06. The van der Waals surface area contributed by atoms with Crippen LogP contribution in [0.15, 0.2) is 48.5 Å². The van der Waals surface area contributed by atoms with Gasteiger partial charge in [0, 0.05) is 16.4 Å². The Morgan fingerprint density at radius 2 is 1.83 bits per heavy atom. The number of nitrogens with one attached hydrogen (secondary N) is 4. The average molecular weight is 349 g/mol. The summed E-state index contributed by atoms with van der Waals surface area (Å²) in [7, 11) is 0. The number of carbonyl (C=O) groups is 1. The Bertz CT molecular complexity index is 694. The van der Waals surface area contributed by atoms with E-state index < -0.39 is 0 Å². The summed E-state index contributed by atoms with van der Waals surface area (Å²) in [6.07, 6.45) is 0. The second-order valence-electron chi connectivity index (χ2n) is 4.76. The molecule has 0 bridgehead atoms. The van der Waals surface area contributed by atoms with Gasteiger partial charge in [0.25, 0.3) is 5.91 Å². The molecule has 1 amide bonds. The van der Waals surface area contributed by atoms with Crippen molar-refractivity contribution in [3.05, 3.63) is 59.1 Å². The summed E-state index contributed by atoms with van der Waals surface area (Å²) in [6.45, 7) is 2.02. The van der Waals surface area contributed by atoms with E-state index in [1.807, 2.05) is 49.4 Å². The SMILES string of the molecule is Cc1c(Cl)cccc1NC(=S)NNC(=O)CNc1ccccc1. The summed E-state index contributed by atoms with van der Waals surface area (Å²) in [5.41, 5.74) is 7.71. The van der Waals surface area contributed by atoms with Crippen LogP contribution < -0.4 is 21.5 Å². The average Bonchev–Trinajstić information content (AvgIpc) is 2.56. The lowest BCUT2D eigenvalue weighted by atomic mass is 10.2. The minimum atomic E-state index is -0.235. The Hall–Kier alpha value is -2.31. The Labute approximate surface area is 145 Å². The molecular formula is C16H17ClN4OS. The number of anilines is 2. The second kappa shape index (κ2) is 8.36. The summed E-state index contributed by atoms with van der Waals surface area (Å²) < 4.78 is 0. The number of carbonyl (C=O) groups excluding carboxylic acids is 1. The van der Waals surface area contributed by atoms with Crippen LogP contribution in [-0.2, 0) is 4.79 Å². The number of para-hydroxylation sites is 1. The van der Waals surface area contributed by atoms with E-state index >= 15 is 0 Å². The maximum Gasteiger partial charge on any atom is 0.257 e. The molecule has 0 aliphatic rings. The third kappa shape index (κ3) is 5.43. The van der Waals surface area contributed by atoms with Gasteiger partial charge in [-0.15, -0.1) is 0 Å². The molecule has 0 aromatic heterocycles. The first-order valence-corrected chi connectivity index (χ1v) is 7.75. The lowest BCUT2D eigenvalue weighted by Crippen LogP contribution is -2.45. The molecule has 0 saturated heterocycles. The zero-order valence-electron chi connectivity index (χ0n) is 12.5. The molecule has 0 unspecified atom stereocenters. The van der Waals surface area contributed by atoms with Gasteiger partial charge in [0.1, 0.15) is 0 Å². The molecule has 0 atom stereocenters. The minimum Gasteiger partial charge on any atom is -0.376 e. The van der Waals surface area contributed by atoms with Crippen LogP contribution in [-0.4, -0.2) is 17.6 Å². The molecule has 4 N–H and O–H groups in total. The Morgan fingerprint density at radius 3 is 2.57 bits per heavy atom. The number of hydrogen-bond donors (Lipinski definition) is 4. The van der Waals surface area contributed by atoms with Gasteiger partial charge in [-0.2, -0.15) is 0 Å². The van der Waals surface area contributed by atoms with E-state index in [1.54, 1.807) is 6.07 Å². The first-order valence-electron chi connectivity index (χ1n) is 6.96. The quantitative estimate of drug-likeness (QED) is 0.505. The summed E-state index contributed by atoms with van der Waals surface area (Å²) in [5, 5.41) is 6.91. The maximum absolute atomic E-state index is 11.7. The summed E-state index contributed by atoms with van der Waals surface area (Å²) >= 11 is 11.2. The van der Waals surface area contributed by atoms with Crippen LogP contribution in [0.2, 0.25) is 5.02 Å². The van der Waals surface area contributed by atoms with Gasteiger partial charge < -0.3 is 10.6 Å². The molecule has 0 aliphatic carbocycles. The van der Waals surface area contributed by atoms with Gasteiger partial charge in [0.15, 0.2) is 5.11 Å². The van der Waals surface area contributed by atoms with Crippen LogP contribution in [0.5, 0.6) is 0 Å². The summed E-state index contributed by atoms with van der Waals surface area (Å²) in [4.78, 5) is 11.7. The molecule has 7 heteroatoms. The van der Waals surface area contributed by atoms with E-state index in [2.05, 4.69) is 21.5 Å². The van der Waals surface area contributed by atoms with Crippen LogP contribution in [0.25, 0.3) is 0 Å². The molecule has 0 aliphatic heterocycles. The van der Waals surface area contributed by atoms with Gasteiger partial charge in [0.05, 0.1) is 6.54 Å². The maximum atomic E-state index is 11.7. The molecule has 0 spiro atoms. The van der Waals surface area contributed by atoms with Crippen LogP contribution in [0, 0.1) is 6.92 Å². The minimum absolute atomic E-state index is 0.135. The van der Waals surface area contributed by atoms with E-state index in [1.165, 1.54) is 0 Å². The number of rotatable bonds is 4. The van der Waals surface area contributed by atoms with Gasteiger partial charge in [-0.05, 0) is 49.0 Å². The Kier molecular flexibility index (Phi) is 6.19. The molecule has 0 saturated carbocycles. The van der Waals surface area contributed by atoms with Crippen molar-refractivity contribution in [2.45, 2.75) is 6.92 Å². The van der Waals surface area contributed by atoms with E-state index in [9.17, 15) is 4.79 Å². The van der Waals surface area contributed by atoms with Crippen molar-refractivity contribution in [3.63, 3.8) is 0 Å². The second-order valence-corrected chi connectivity index (χ2v) is 5.57. The van der Waals surface area contributed by atoms with Crippen LogP contribution in [0.3, 0.4) is 0 Å². The monoisotopic (exact) mass is 348 g/mol. The van der Waals surface area contributed by atoms with Crippen molar-refractivity contribution in [3.8, 4) is 0 Å². The predicted octanol–water partition coefficient (Wildman–Crippen LogP) is 3.08. The van der Waals surface area contributed by atoms with Crippen molar-refractivity contribution in [2.75, 3.05) is 17.2 Å². The van der Waals surface area contributed by atoms with Crippen molar-refractivity contribution in [1.82, 2.24) is 10.9 Å². The molecule has 2 aromatic rings. The van der Waals surface area contributed by atoms with E-state index in [-0.39, 0.29) is 17.6 Å². The molecular weight excluding hydrogens is 332 g/mol. The van der Waals surface area contributed by atoms with Crippen LogP contribution >= 0.6 is 23.8 Å². The fourth-order valence-electron chi connectivity index (χ4n) is 1.81. The summed E-state index contributed by atoms with van der Waals surface area (Å²) in [6, 6.07) is 14.9. The van der Waals surface area contributed by atoms with Gasteiger partial charge in [-0.3, -0.25) is 15.6 Å². The Balaban J connectivity index is 1.75. The fraction of sp³-hybridized carbons (Fsp3) is 0.125. The molecule has 0 radical (unpaired) electrons. The van der Waals surface area contributed by atoms with Crippen molar-refractivity contribution in [2.24, 2.45) is 0 Å². The molecule has 0 fully saturated rings. The normalized spacial score (nSPS) is 9.83. The van der Waals surface area contributed by atoms with Gasteiger partial charge in [-0.1, -0.05) is 35.9 Å². The zero-order valence-corrected chi connectivity index (χ0v) is 14.1. The number of benzene rings is 2. The first kappa shape index (κ1) is 17.1. The highest BCUT2D eigenvalue weighted by molar-refractivity contribution is 7.80. The van der Waals surface area contributed by atoms with Crippen molar-refractivity contribution >= 4 is 46.2 Å². The molecule has 2 aromatic carbocycles. The Morgan fingerprint density at radius 1 is 1.09 bits per heavy atom. The molecule has 120 valence electrons. The highest BCUT2D eigenvalue weighted by atomic mass is 35.5. The number of halogens is 1. The van der Waals surface area contributed by atoms with E-state index in [0.717, 1.165) is 16.9 Å². The topological polar surface area (TPSA) is 65.2 Å². The van der Waals surface area contributed by atoms with E-state index in [0.29, 0.717) is 5.02 Å². The van der Waals surface area contributed by atoms with Crippen LogP contribution in [0.4, 0.5) is 11.4 Å². The van der Waals surface area contributed by atoms with Gasteiger partial charge in [0.2, 0.25) is 0 Å². The molecule has 2 rings (SSSR count). The number of hydrogen-bond acceptors (Lipinski definition) is 3. The largest absolute Gasteiger partial charge is 0.376 e. The number of amides is 1. The van der Waals surface area contributed by atoms with Crippen molar-refractivity contribution < 1.29 is 4.79 Å². The van der Waals surface area contributed by atoms with Crippen molar-refractivity contribution in [1.29, 1.82) is 0 Å². The standard InChI is InChI=1S/C16H17ClN4OS/c1-11-13(17)8-5-9-14(11)19-16(23)21-20-15(22)10-18-12-6-3-2-4-7-12/h2-9,18H,10H2,1H3,(H,20,22)(H2,19,21,23). The lowest BCUT2D eigenvalue weighted by Gasteiger charge is -2.14. The lowest BCUT2D eigenvalue weighted by molar-refractivity contribution is -0.119. The van der Waals surface area contributed by atoms with Gasteiger partial charge >= 0.3 is 0 Å². The van der Waals surface area contributed by atoms with E-state index in [4.69, 9.17) is 23.8 Å². The molecule has 0 heterocycles. The zero-order chi connectivity index (χ0) is 16.7. The predicted molar refractivity (Wildman–Crippen MR) is 98.6 cm³/mol. The molecule has 5 nitrogen and oxygen atoms in total. The van der Waals surface area contributed by atoms with Crippen LogP contribution in [0.1, 0.15) is 5.56 Å².